The second-order valence-electron chi connectivity index (χ2n) is 4.90. The van der Waals surface area contributed by atoms with Gasteiger partial charge >= 0.3 is 0 Å². The van der Waals surface area contributed by atoms with Gasteiger partial charge in [0, 0.05) is 6.54 Å². The Labute approximate surface area is 104 Å². The van der Waals surface area contributed by atoms with E-state index in [9.17, 15) is 9.90 Å². The fraction of sp³-hybridized carbons (Fsp3) is 0.727. The first-order valence-corrected chi connectivity index (χ1v) is 6.62. The maximum absolute atomic E-state index is 11.9. The van der Waals surface area contributed by atoms with Gasteiger partial charge in [-0.3, -0.25) is 4.79 Å². The van der Waals surface area contributed by atoms with Gasteiger partial charge < -0.3 is 10.4 Å². The van der Waals surface area contributed by atoms with Crippen molar-refractivity contribution >= 4 is 17.4 Å². The summed E-state index contributed by atoms with van der Waals surface area (Å²) in [5.41, 5.74) is 0.0410. The number of carbonyl (C=O) groups is 1. The molecule has 2 N–H and O–H groups in total. The number of nitrogens with zero attached hydrogens (tertiary/aromatic N) is 2. The van der Waals surface area contributed by atoms with Crippen LogP contribution in [0.25, 0.3) is 0 Å². The van der Waals surface area contributed by atoms with Gasteiger partial charge in [-0.25, -0.2) is 0 Å². The summed E-state index contributed by atoms with van der Waals surface area (Å²) in [4.78, 5) is 12.5. The van der Waals surface area contributed by atoms with Crippen LogP contribution in [-0.4, -0.2) is 32.7 Å². The molecule has 0 aliphatic heterocycles. The summed E-state index contributed by atoms with van der Waals surface area (Å²) in [6, 6.07) is 0. The highest BCUT2D eigenvalue weighted by molar-refractivity contribution is 7.08. The molecule has 1 saturated carbocycles. The van der Waals surface area contributed by atoms with Crippen molar-refractivity contribution in [3.8, 4) is 0 Å². The van der Waals surface area contributed by atoms with Gasteiger partial charge in [-0.05, 0) is 36.7 Å². The lowest BCUT2D eigenvalue weighted by molar-refractivity contribution is -0.0300. The molecule has 94 valence electrons. The van der Waals surface area contributed by atoms with Crippen molar-refractivity contribution in [2.45, 2.75) is 44.6 Å². The minimum absolute atomic E-state index is 0.177. The zero-order valence-electron chi connectivity index (χ0n) is 10.1. The van der Waals surface area contributed by atoms with Gasteiger partial charge in [0.2, 0.25) is 0 Å². The molecule has 17 heavy (non-hydrogen) atoms. The summed E-state index contributed by atoms with van der Waals surface area (Å²) in [6.07, 6.45) is 2.57. The average molecular weight is 255 g/mol. The molecule has 6 heteroatoms. The molecule has 0 atom stereocenters. The van der Waals surface area contributed by atoms with Crippen LogP contribution < -0.4 is 5.32 Å². The molecule has 0 bridgehead atoms. The molecule has 1 amide bonds. The summed E-state index contributed by atoms with van der Waals surface area (Å²) < 4.78 is 3.81. The summed E-state index contributed by atoms with van der Waals surface area (Å²) in [5, 5.41) is 16.6. The van der Waals surface area contributed by atoms with Crippen molar-refractivity contribution in [3.63, 3.8) is 0 Å². The first-order chi connectivity index (χ1) is 8.02. The van der Waals surface area contributed by atoms with Crippen molar-refractivity contribution in [3.05, 3.63) is 10.6 Å². The predicted octanol–water partition coefficient (Wildman–Crippen LogP) is 1.31. The van der Waals surface area contributed by atoms with Crippen LogP contribution in [0.5, 0.6) is 0 Å². The fourth-order valence-corrected chi connectivity index (χ4v) is 2.56. The molecule has 1 fully saturated rings. The Morgan fingerprint density at radius 3 is 2.82 bits per heavy atom. The second kappa shape index (κ2) is 4.70. The highest BCUT2D eigenvalue weighted by Gasteiger charge is 2.35. The Morgan fingerprint density at radius 1 is 1.59 bits per heavy atom. The van der Waals surface area contributed by atoms with Crippen molar-refractivity contribution in [2.75, 3.05) is 6.54 Å². The Hall–Kier alpha value is -1.01. The van der Waals surface area contributed by atoms with E-state index in [-0.39, 0.29) is 11.8 Å². The lowest BCUT2D eigenvalue weighted by atomic mass is 9.80. The summed E-state index contributed by atoms with van der Waals surface area (Å²) in [7, 11) is 0. The Morgan fingerprint density at radius 2 is 2.29 bits per heavy atom. The van der Waals surface area contributed by atoms with Crippen LogP contribution >= 0.6 is 11.5 Å². The zero-order valence-corrected chi connectivity index (χ0v) is 10.9. The molecule has 1 aromatic rings. The van der Waals surface area contributed by atoms with Crippen LogP contribution in [0.15, 0.2) is 0 Å². The summed E-state index contributed by atoms with van der Waals surface area (Å²) >= 11 is 1.11. The molecule has 0 unspecified atom stereocenters. The summed E-state index contributed by atoms with van der Waals surface area (Å²) in [6.45, 7) is 4.28. The molecule has 1 aliphatic carbocycles. The second-order valence-corrected chi connectivity index (χ2v) is 5.66. The summed E-state index contributed by atoms with van der Waals surface area (Å²) in [5.74, 6) is 0.00492. The molecule has 1 aromatic heterocycles. The number of amides is 1. The molecular weight excluding hydrogens is 238 g/mol. The van der Waals surface area contributed by atoms with Crippen LogP contribution in [0, 0.1) is 0 Å². The quantitative estimate of drug-likeness (QED) is 0.850. The van der Waals surface area contributed by atoms with Crippen molar-refractivity contribution < 1.29 is 9.90 Å². The van der Waals surface area contributed by atoms with Crippen LogP contribution in [0.1, 0.15) is 54.4 Å². The van der Waals surface area contributed by atoms with Crippen LogP contribution in [0.3, 0.4) is 0 Å². The molecule has 2 rings (SSSR count). The van der Waals surface area contributed by atoms with Gasteiger partial charge in [-0.2, -0.15) is 0 Å². The maximum Gasteiger partial charge on any atom is 0.265 e. The van der Waals surface area contributed by atoms with Crippen molar-refractivity contribution in [1.29, 1.82) is 0 Å². The third-order valence-corrected chi connectivity index (χ3v) is 3.87. The van der Waals surface area contributed by atoms with E-state index in [1.807, 2.05) is 13.8 Å². The molecule has 1 aliphatic rings. The Bertz CT molecular complexity index is 413. The number of hydrogen-bond donors (Lipinski definition) is 2. The lowest BCUT2D eigenvalue weighted by Crippen LogP contribution is -2.47. The van der Waals surface area contributed by atoms with Gasteiger partial charge in [-0.15, -0.1) is 5.10 Å². The van der Waals surface area contributed by atoms with Crippen LogP contribution in [0.2, 0.25) is 0 Å². The number of rotatable bonds is 4. The number of hydrogen-bond acceptors (Lipinski definition) is 5. The van der Waals surface area contributed by atoms with Gasteiger partial charge in [0.15, 0.2) is 0 Å². The van der Waals surface area contributed by atoms with E-state index >= 15 is 0 Å². The highest BCUT2D eigenvalue weighted by Crippen LogP contribution is 2.30. The maximum atomic E-state index is 11.9. The van der Waals surface area contributed by atoms with E-state index in [0.29, 0.717) is 11.4 Å². The lowest BCUT2D eigenvalue weighted by Gasteiger charge is -2.36. The van der Waals surface area contributed by atoms with Gasteiger partial charge in [0.1, 0.15) is 4.88 Å². The third kappa shape index (κ3) is 2.63. The van der Waals surface area contributed by atoms with E-state index < -0.39 is 5.60 Å². The first-order valence-electron chi connectivity index (χ1n) is 5.85. The first kappa shape index (κ1) is 12.4. The number of aliphatic hydroxyl groups is 1. The molecule has 0 spiro atoms. The molecule has 5 nitrogen and oxygen atoms in total. The molecule has 0 aromatic carbocycles. The fourth-order valence-electron chi connectivity index (χ4n) is 1.82. The molecule has 0 saturated heterocycles. The topological polar surface area (TPSA) is 75.1 Å². The minimum Gasteiger partial charge on any atom is -0.388 e. The Balaban J connectivity index is 1.97. The predicted molar refractivity (Wildman–Crippen MR) is 65.1 cm³/mol. The van der Waals surface area contributed by atoms with Gasteiger partial charge in [-0.1, -0.05) is 18.3 Å². The van der Waals surface area contributed by atoms with E-state index in [1.54, 1.807) is 0 Å². The SMILES string of the molecule is CC(C)c1nnsc1C(=O)NCC1(O)CCC1. The highest BCUT2D eigenvalue weighted by atomic mass is 32.1. The van der Waals surface area contributed by atoms with E-state index in [2.05, 4.69) is 14.9 Å². The normalized spacial score (nSPS) is 17.9. The van der Waals surface area contributed by atoms with E-state index in [1.165, 1.54) is 0 Å². The average Bonchev–Trinajstić information content (AvgIpc) is 2.72. The van der Waals surface area contributed by atoms with Crippen LogP contribution in [0.4, 0.5) is 0 Å². The van der Waals surface area contributed by atoms with E-state index in [4.69, 9.17) is 0 Å². The number of nitrogens with one attached hydrogen (secondary N) is 1. The molecule has 1 heterocycles. The molecular formula is C11H17N3O2S. The van der Waals surface area contributed by atoms with Crippen molar-refractivity contribution in [2.24, 2.45) is 0 Å². The zero-order chi connectivity index (χ0) is 12.5. The third-order valence-electron chi connectivity index (χ3n) is 3.13. The standard InChI is InChI=1S/C11H17N3O2S/c1-7(2)8-9(17-14-13-8)10(15)12-6-11(16)4-3-5-11/h7,16H,3-6H2,1-2H3,(H,12,15). The molecule has 0 radical (unpaired) electrons. The van der Waals surface area contributed by atoms with Crippen LogP contribution in [-0.2, 0) is 0 Å². The van der Waals surface area contributed by atoms with Gasteiger partial charge in [0.05, 0.1) is 11.3 Å². The van der Waals surface area contributed by atoms with Gasteiger partial charge in [0.25, 0.3) is 5.91 Å². The largest absolute Gasteiger partial charge is 0.388 e. The minimum atomic E-state index is -0.689. The smallest absolute Gasteiger partial charge is 0.265 e. The number of carbonyl (C=O) groups excluding carboxylic acids is 1. The van der Waals surface area contributed by atoms with Crippen molar-refractivity contribution in [1.82, 2.24) is 14.9 Å². The monoisotopic (exact) mass is 255 g/mol. The Kier molecular flexibility index (Phi) is 3.44. The number of aromatic nitrogens is 2. The van der Waals surface area contributed by atoms with E-state index in [0.717, 1.165) is 36.5 Å².